The molecule has 0 atom stereocenters. The second kappa shape index (κ2) is 6.76. The largest absolute Gasteiger partial charge is 0.338 e. The lowest BCUT2D eigenvalue weighted by Gasteiger charge is -2.26. The van der Waals surface area contributed by atoms with E-state index in [2.05, 4.69) is 4.72 Å². The van der Waals surface area contributed by atoms with Crippen molar-refractivity contribution in [2.75, 3.05) is 11.3 Å². The summed E-state index contributed by atoms with van der Waals surface area (Å²) in [5.74, 6) is -0.309. The zero-order chi connectivity index (χ0) is 18.2. The van der Waals surface area contributed by atoms with Gasteiger partial charge in [-0.15, -0.1) is 11.3 Å². The molecule has 3 rings (SSSR count). The van der Waals surface area contributed by atoms with E-state index in [4.69, 9.17) is 0 Å². The van der Waals surface area contributed by atoms with E-state index in [0.29, 0.717) is 37.2 Å². The van der Waals surface area contributed by atoms with Gasteiger partial charge in [0.25, 0.3) is 10.0 Å². The van der Waals surface area contributed by atoms with Crippen LogP contribution in [-0.4, -0.2) is 25.8 Å². The Balaban J connectivity index is 1.83. The van der Waals surface area contributed by atoms with Gasteiger partial charge in [0.15, 0.2) is 0 Å². The minimum Gasteiger partial charge on any atom is -0.338 e. The maximum Gasteiger partial charge on any atom is 0.271 e. The smallest absolute Gasteiger partial charge is 0.271 e. The van der Waals surface area contributed by atoms with Crippen LogP contribution in [-0.2, 0) is 27.8 Å². The Morgan fingerprint density at radius 2 is 2.12 bits per heavy atom. The van der Waals surface area contributed by atoms with Crippen LogP contribution in [0.5, 0.6) is 0 Å². The van der Waals surface area contributed by atoms with Crippen molar-refractivity contribution in [1.29, 1.82) is 0 Å². The Kier molecular flexibility index (Phi) is 4.83. The number of sulfonamides is 1. The van der Waals surface area contributed by atoms with Crippen LogP contribution in [0.3, 0.4) is 0 Å². The number of carbonyl (C=O) groups excluding carboxylic acids is 1. The Hall–Kier alpha value is -1.93. The quantitative estimate of drug-likeness (QED) is 0.882. The summed E-state index contributed by atoms with van der Waals surface area (Å²) in [7, 11) is -3.74. The van der Waals surface area contributed by atoms with E-state index in [1.807, 2.05) is 6.92 Å². The van der Waals surface area contributed by atoms with E-state index in [1.165, 1.54) is 29.5 Å². The predicted octanol–water partition coefficient (Wildman–Crippen LogP) is 3.29. The molecule has 0 saturated carbocycles. The molecule has 2 heterocycles. The molecule has 0 radical (unpaired) electrons. The zero-order valence-corrected chi connectivity index (χ0v) is 15.6. The lowest BCUT2D eigenvalue weighted by atomic mass is 10.1. The number of hydrogen-bond acceptors (Lipinski definition) is 4. The van der Waals surface area contributed by atoms with Crippen molar-refractivity contribution >= 4 is 33.0 Å². The molecule has 25 heavy (non-hydrogen) atoms. The summed E-state index contributed by atoms with van der Waals surface area (Å²) in [5.41, 5.74) is 1.58. The molecule has 0 fully saturated rings. The number of anilines is 1. The van der Waals surface area contributed by atoms with Crippen LogP contribution < -0.4 is 4.72 Å². The zero-order valence-electron chi connectivity index (χ0n) is 14.0. The number of nitrogens with zero attached hydrogens (tertiary/aromatic N) is 1. The van der Waals surface area contributed by atoms with Crippen molar-refractivity contribution in [3.05, 3.63) is 46.1 Å². The fourth-order valence-corrected chi connectivity index (χ4v) is 5.38. The van der Waals surface area contributed by atoms with Gasteiger partial charge < -0.3 is 4.90 Å². The van der Waals surface area contributed by atoms with E-state index in [0.717, 1.165) is 10.4 Å². The molecule has 1 aromatic heterocycles. The molecule has 1 aromatic carbocycles. The van der Waals surface area contributed by atoms with Gasteiger partial charge in [-0.05, 0) is 48.7 Å². The second-order valence-corrected chi connectivity index (χ2v) is 9.05. The van der Waals surface area contributed by atoms with E-state index in [-0.39, 0.29) is 15.9 Å². The molecule has 0 spiro atoms. The van der Waals surface area contributed by atoms with Crippen molar-refractivity contribution < 1.29 is 17.6 Å². The highest BCUT2D eigenvalue weighted by molar-refractivity contribution is 7.94. The minimum atomic E-state index is -3.74. The molecule has 1 N–H and O–H groups in total. The molecule has 134 valence electrons. The lowest BCUT2D eigenvalue weighted by molar-refractivity contribution is -0.131. The summed E-state index contributed by atoms with van der Waals surface area (Å²) < 4.78 is 41.3. The van der Waals surface area contributed by atoms with E-state index in [1.54, 1.807) is 17.9 Å². The summed E-state index contributed by atoms with van der Waals surface area (Å²) in [6, 6.07) is 5.73. The van der Waals surface area contributed by atoms with Crippen LogP contribution in [0.15, 0.2) is 28.5 Å². The van der Waals surface area contributed by atoms with Crippen molar-refractivity contribution in [3.63, 3.8) is 0 Å². The van der Waals surface area contributed by atoms with Gasteiger partial charge in [0, 0.05) is 30.1 Å². The van der Waals surface area contributed by atoms with Gasteiger partial charge in [0.05, 0.1) is 0 Å². The van der Waals surface area contributed by atoms with E-state index >= 15 is 0 Å². The molecular weight excluding hydrogens is 363 g/mol. The van der Waals surface area contributed by atoms with Gasteiger partial charge in [0.1, 0.15) is 10.0 Å². The number of benzene rings is 1. The number of aryl methyl sites for hydroxylation is 1. The van der Waals surface area contributed by atoms with Crippen molar-refractivity contribution in [3.8, 4) is 0 Å². The van der Waals surface area contributed by atoms with E-state index < -0.39 is 10.0 Å². The Morgan fingerprint density at radius 1 is 1.36 bits per heavy atom. The minimum absolute atomic E-state index is 0.0705. The van der Waals surface area contributed by atoms with Crippen molar-refractivity contribution in [2.24, 2.45) is 0 Å². The van der Waals surface area contributed by atoms with Crippen LogP contribution in [0.25, 0.3) is 0 Å². The third kappa shape index (κ3) is 3.69. The highest BCUT2D eigenvalue weighted by Crippen LogP contribution is 2.32. The molecule has 5 nitrogen and oxygen atoms in total. The van der Waals surface area contributed by atoms with Gasteiger partial charge in [-0.1, -0.05) is 6.92 Å². The second-order valence-electron chi connectivity index (χ2n) is 6.00. The normalized spacial score (nSPS) is 14.3. The lowest BCUT2D eigenvalue weighted by Crippen LogP contribution is -2.34. The number of thiophene rings is 1. The monoisotopic (exact) mass is 382 g/mol. The average molecular weight is 382 g/mol. The van der Waals surface area contributed by atoms with E-state index in [9.17, 15) is 17.6 Å². The van der Waals surface area contributed by atoms with Gasteiger partial charge in [0.2, 0.25) is 5.91 Å². The first-order chi connectivity index (χ1) is 11.8. The Bertz CT molecular complexity index is 922. The molecule has 1 aliphatic rings. The third-order valence-electron chi connectivity index (χ3n) is 4.17. The summed E-state index contributed by atoms with van der Waals surface area (Å²) in [4.78, 5) is 14.6. The summed E-state index contributed by atoms with van der Waals surface area (Å²) in [5, 5.41) is 0. The number of hydrogen-bond donors (Lipinski definition) is 1. The first-order valence-corrected chi connectivity index (χ1v) is 10.3. The maximum absolute atomic E-state index is 13.3. The average Bonchev–Trinajstić information content (AvgIpc) is 3.01. The van der Waals surface area contributed by atoms with Gasteiger partial charge in [-0.25, -0.2) is 12.8 Å². The van der Waals surface area contributed by atoms with Crippen molar-refractivity contribution in [2.45, 2.75) is 37.4 Å². The number of amides is 1. The number of carbonyl (C=O) groups is 1. The van der Waals surface area contributed by atoms with Gasteiger partial charge in [-0.2, -0.15) is 0 Å². The summed E-state index contributed by atoms with van der Waals surface area (Å²) >= 11 is 1.23. The summed E-state index contributed by atoms with van der Waals surface area (Å²) in [6.45, 7) is 4.46. The Labute approximate surface area is 150 Å². The molecule has 0 bridgehead atoms. The summed E-state index contributed by atoms with van der Waals surface area (Å²) in [6.07, 6.45) is 1.10. The molecule has 1 amide bonds. The topological polar surface area (TPSA) is 66.5 Å². The number of fused-ring (bicyclic) bond motifs is 1. The molecule has 8 heteroatoms. The number of nitrogens with one attached hydrogen (secondary N) is 1. The van der Waals surface area contributed by atoms with Crippen LogP contribution in [0.1, 0.15) is 29.3 Å². The SMILES string of the molecule is CCC(=O)N1CCc2sc(S(=O)(=O)Nc3ccc(F)c(C)c3)cc2C1. The Morgan fingerprint density at radius 3 is 2.80 bits per heavy atom. The number of halogens is 1. The van der Waals surface area contributed by atoms with Gasteiger partial charge in [-0.3, -0.25) is 9.52 Å². The highest BCUT2D eigenvalue weighted by Gasteiger charge is 2.26. The maximum atomic E-state index is 13.3. The van der Waals surface area contributed by atoms with Crippen LogP contribution in [0.2, 0.25) is 0 Å². The number of rotatable bonds is 4. The van der Waals surface area contributed by atoms with Crippen molar-refractivity contribution in [1.82, 2.24) is 4.90 Å². The highest BCUT2D eigenvalue weighted by atomic mass is 32.2. The molecule has 0 aliphatic carbocycles. The molecular formula is C17H19FN2O3S2. The molecule has 0 unspecified atom stereocenters. The molecule has 1 aliphatic heterocycles. The molecule has 0 saturated heterocycles. The fraction of sp³-hybridized carbons (Fsp3) is 0.353. The third-order valence-corrected chi connectivity index (χ3v) is 7.27. The van der Waals surface area contributed by atoms with Gasteiger partial charge >= 0.3 is 0 Å². The predicted molar refractivity (Wildman–Crippen MR) is 95.7 cm³/mol. The van der Waals surface area contributed by atoms with Crippen LogP contribution in [0.4, 0.5) is 10.1 Å². The first-order valence-electron chi connectivity index (χ1n) is 7.98. The standard InChI is InChI=1S/C17H19FN2O3S2/c1-3-16(21)20-7-6-15-12(10-20)9-17(24-15)25(22,23)19-13-4-5-14(18)11(2)8-13/h4-5,8-9,19H,3,6-7,10H2,1-2H3. The van der Waals surface area contributed by atoms with Crippen LogP contribution in [0, 0.1) is 12.7 Å². The fourth-order valence-electron chi connectivity index (χ4n) is 2.79. The van der Waals surface area contributed by atoms with Crippen LogP contribution >= 0.6 is 11.3 Å². The first kappa shape index (κ1) is 17.9. The molecule has 2 aromatic rings.